The van der Waals surface area contributed by atoms with E-state index in [0.29, 0.717) is 74.1 Å². The molecule has 16 heteroatoms. The molecule has 3 aliphatic rings. The van der Waals surface area contributed by atoms with Crippen molar-refractivity contribution < 1.29 is 65.9 Å². The molecule has 2 heterocycles. The van der Waals surface area contributed by atoms with Crippen LogP contribution in [0.2, 0.25) is 0 Å². The van der Waals surface area contributed by atoms with Gasteiger partial charge in [0.15, 0.2) is 0 Å². The predicted octanol–water partition coefficient (Wildman–Crippen LogP) is 15.3. The quantitative estimate of drug-likeness (QED) is 0.0632. The van der Waals surface area contributed by atoms with Crippen LogP contribution in [0.3, 0.4) is 0 Å². The zero-order valence-corrected chi connectivity index (χ0v) is 45.2. The molecule has 13 rings (SSSR count). The second-order valence-corrected chi connectivity index (χ2v) is 21.6. The van der Waals surface area contributed by atoms with Crippen LogP contribution in [0.25, 0.3) is 43.8 Å². The van der Waals surface area contributed by atoms with Crippen LogP contribution in [0.5, 0.6) is 23.0 Å². The Bertz CT molecular complexity index is 4540. The van der Waals surface area contributed by atoms with Gasteiger partial charge in [0.2, 0.25) is 5.41 Å². The summed E-state index contributed by atoms with van der Waals surface area (Å²) >= 11 is 0. The summed E-state index contributed by atoms with van der Waals surface area (Å²) in [5.41, 5.74) is -1.39. The Hall–Kier alpha value is -10.2. The molecular weight excluding hydrogens is 1100 g/mol. The number of imide groups is 2. The topological polar surface area (TPSA) is 156 Å². The fourth-order valence-corrected chi connectivity index (χ4v) is 13.3. The number of aryl methyl sites for hydroxylation is 3. The highest BCUT2D eigenvalue weighted by Crippen LogP contribution is 2.60. The Morgan fingerprint density at radius 3 is 1.42 bits per heavy atom. The molecule has 0 atom stereocenters. The number of alkyl halides is 6. The van der Waals surface area contributed by atoms with Crippen LogP contribution in [0.4, 0.5) is 37.7 Å². The summed E-state index contributed by atoms with van der Waals surface area (Å²) in [6.07, 6.45) is -11.8. The summed E-state index contributed by atoms with van der Waals surface area (Å²) in [5.74, 6) is -4.45. The molecule has 1 aliphatic carbocycles. The molecule has 10 nitrogen and oxygen atoms in total. The number of nitrogens with zero attached hydrogens (tertiary/aromatic N) is 2. The standard InChI is InChI=1S/C69H46F6N2O8/c1-4-36-29-43(30-37(5-2)61(36)77-63(83)49-22-17-42(34-53(49)65(77)85)67(68(70,71)72,69(73,74)75)41-16-21-47-51(33-41)60(81)27-25-58(47)79)66(54-12-8-6-10-44(54)45-11-7-9-13-55(45)66)40-18-23-56(35(3)28-40)76-62(82)48-20-15-39(32-52(48)64(76)84)38-14-19-46-50(31-38)59(80)26-24-57(46)78/h6-34,78-81H,4-5H2,1-3H3. The van der Waals surface area contributed by atoms with Crippen molar-refractivity contribution in [3.05, 3.63) is 248 Å². The zero-order valence-electron chi connectivity index (χ0n) is 45.2. The molecule has 0 spiro atoms. The lowest BCUT2D eigenvalue weighted by molar-refractivity contribution is -0.288. The summed E-state index contributed by atoms with van der Waals surface area (Å²) < 4.78 is 94.0. The molecule has 85 heavy (non-hydrogen) atoms. The zero-order chi connectivity index (χ0) is 60.0. The average molecular weight is 1150 g/mol. The van der Waals surface area contributed by atoms with Gasteiger partial charge in [-0.25, -0.2) is 9.80 Å². The summed E-state index contributed by atoms with van der Waals surface area (Å²) in [4.78, 5) is 60.5. The molecule has 4 amide bonds. The lowest BCUT2D eigenvalue weighted by atomic mass is 9.66. The van der Waals surface area contributed by atoms with Gasteiger partial charge in [-0.3, -0.25) is 19.2 Å². The highest BCUT2D eigenvalue weighted by molar-refractivity contribution is 6.36. The molecule has 0 saturated carbocycles. The summed E-state index contributed by atoms with van der Waals surface area (Å²) in [7, 11) is 0. The number of anilines is 2. The summed E-state index contributed by atoms with van der Waals surface area (Å²) in [6.45, 7) is 5.39. The van der Waals surface area contributed by atoms with Gasteiger partial charge in [-0.05, 0) is 165 Å². The van der Waals surface area contributed by atoms with E-state index in [-0.39, 0.29) is 46.5 Å². The van der Waals surface area contributed by atoms with Gasteiger partial charge in [0.05, 0.1) is 39.0 Å². The van der Waals surface area contributed by atoms with Crippen LogP contribution in [0, 0.1) is 6.92 Å². The van der Waals surface area contributed by atoms with Gasteiger partial charge in [0.1, 0.15) is 23.0 Å². The second kappa shape index (κ2) is 18.9. The number of amides is 4. The van der Waals surface area contributed by atoms with E-state index in [1.807, 2.05) is 72.8 Å². The van der Waals surface area contributed by atoms with E-state index in [1.165, 1.54) is 12.1 Å². The minimum atomic E-state index is -6.11. The molecule has 0 fully saturated rings. The Morgan fingerprint density at radius 1 is 0.412 bits per heavy atom. The third-order valence-corrected chi connectivity index (χ3v) is 17.3. The smallest absolute Gasteiger partial charge is 0.411 e. The van der Waals surface area contributed by atoms with Gasteiger partial charge in [-0.2, -0.15) is 26.3 Å². The Morgan fingerprint density at radius 2 is 0.859 bits per heavy atom. The van der Waals surface area contributed by atoms with E-state index < -0.39 is 86.0 Å². The summed E-state index contributed by atoms with van der Waals surface area (Å²) in [5, 5.41) is 42.1. The van der Waals surface area contributed by atoms with Crippen molar-refractivity contribution in [3.8, 4) is 45.3 Å². The van der Waals surface area contributed by atoms with Gasteiger partial charge in [0, 0.05) is 21.5 Å². The van der Waals surface area contributed by atoms with E-state index in [4.69, 9.17) is 0 Å². The molecule has 0 saturated heterocycles. The van der Waals surface area contributed by atoms with Crippen molar-refractivity contribution in [2.24, 2.45) is 0 Å². The molecule has 4 N–H and O–H groups in total. The van der Waals surface area contributed by atoms with Crippen molar-refractivity contribution in [2.45, 2.75) is 56.8 Å². The molecule has 0 bridgehead atoms. The third kappa shape index (κ3) is 7.52. The van der Waals surface area contributed by atoms with Crippen LogP contribution in [0.15, 0.2) is 176 Å². The van der Waals surface area contributed by atoms with Crippen LogP contribution in [-0.4, -0.2) is 56.4 Å². The number of phenols is 4. The average Bonchev–Trinajstić information content (AvgIpc) is 1.93. The highest BCUT2D eigenvalue weighted by Gasteiger charge is 2.73. The van der Waals surface area contributed by atoms with Crippen molar-refractivity contribution in [1.82, 2.24) is 0 Å². The van der Waals surface area contributed by atoms with E-state index in [0.717, 1.165) is 61.9 Å². The maximum atomic E-state index is 15.7. The van der Waals surface area contributed by atoms with Crippen molar-refractivity contribution >= 4 is 56.5 Å². The first kappa shape index (κ1) is 54.1. The fraction of sp³-hybridized carbons (Fsp3) is 0.130. The molecule has 0 aromatic heterocycles. The number of fused-ring (bicyclic) bond motifs is 7. The molecule has 0 unspecified atom stereocenters. The van der Waals surface area contributed by atoms with Crippen molar-refractivity contribution in [2.75, 3.05) is 9.80 Å². The SMILES string of the molecule is CCc1cc(C2(c3ccc(N4C(=O)c5ccc(-c6ccc7c(O)ccc(O)c7c6)cc5C4=O)c(C)c3)c3ccccc3-c3ccccc32)cc(CC)c1N1C(=O)c2ccc(C(c3ccc4c(O)ccc(O)c4c3)(C(F)(F)F)C(F)(F)F)cc2C1=O. The van der Waals surface area contributed by atoms with Gasteiger partial charge in [-0.15, -0.1) is 0 Å². The molecule has 10 aromatic rings. The lowest BCUT2D eigenvalue weighted by Gasteiger charge is -2.38. The normalized spacial score (nSPS) is 14.6. The molecule has 422 valence electrons. The first-order valence-corrected chi connectivity index (χ1v) is 27.1. The number of carbonyl (C=O) groups is 4. The highest BCUT2D eigenvalue weighted by atomic mass is 19.4. The Balaban J connectivity index is 0.918. The Kier molecular flexibility index (Phi) is 12.0. The largest absolute Gasteiger partial charge is 0.507 e. The number of aromatic hydroxyl groups is 4. The minimum absolute atomic E-state index is 0.0126. The maximum absolute atomic E-state index is 15.7. The summed E-state index contributed by atoms with van der Waals surface area (Å²) in [6, 6.07) is 43.3. The number of phenolic OH excluding ortho intramolecular Hbond substituents is 4. The van der Waals surface area contributed by atoms with Crippen LogP contribution < -0.4 is 9.80 Å². The Labute approximate surface area is 480 Å². The monoisotopic (exact) mass is 1140 g/mol. The number of hydrogen-bond acceptors (Lipinski definition) is 8. The third-order valence-electron chi connectivity index (χ3n) is 17.3. The first-order valence-electron chi connectivity index (χ1n) is 27.1. The van der Waals surface area contributed by atoms with Gasteiger partial charge in [0.25, 0.3) is 23.6 Å². The van der Waals surface area contributed by atoms with Gasteiger partial charge >= 0.3 is 12.4 Å². The lowest BCUT2D eigenvalue weighted by Crippen LogP contribution is -2.54. The first-order chi connectivity index (χ1) is 40.6. The van der Waals surface area contributed by atoms with Crippen LogP contribution in [0.1, 0.15) is 105 Å². The fourth-order valence-electron chi connectivity index (χ4n) is 13.3. The second-order valence-electron chi connectivity index (χ2n) is 21.6. The number of rotatable bonds is 9. The molecule has 2 aliphatic heterocycles. The van der Waals surface area contributed by atoms with Gasteiger partial charge < -0.3 is 20.4 Å². The minimum Gasteiger partial charge on any atom is -0.507 e. The van der Waals surface area contributed by atoms with E-state index in [9.17, 15) is 39.6 Å². The number of benzene rings is 10. The number of hydrogen-bond donors (Lipinski definition) is 4. The van der Waals surface area contributed by atoms with Crippen LogP contribution >= 0.6 is 0 Å². The number of halogens is 6. The molecule has 0 radical (unpaired) electrons. The van der Waals surface area contributed by atoms with E-state index in [1.54, 1.807) is 63.2 Å². The van der Waals surface area contributed by atoms with Crippen molar-refractivity contribution in [1.29, 1.82) is 0 Å². The van der Waals surface area contributed by atoms with E-state index >= 15 is 26.3 Å². The van der Waals surface area contributed by atoms with E-state index in [2.05, 4.69) is 0 Å². The predicted molar refractivity (Wildman–Crippen MR) is 309 cm³/mol. The molecular formula is C69H46F6N2O8. The van der Waals surface area contributed by atoms with Gasteiger partial charge in [-0.1, -0.05) is 117 Å². The number of carbonyl (C=O) groups excluding carboxylic acids is 4. The van der Waals surface area contributed by atoms with Crippen LogP contribution in [-0.2, 0) is 23.7 Å². The van der Waals surface area contributed by atoms with Crippen molar-refractivity contribution in [3.63, 3.8) is 0 Å². The molecule has 10 aromatic carbocycles. The maximum Gasteiger partial charge on any atom is 0.411 e.